The van der Waals surface area contributed by atoms with E-state index in [1.165, 1.54) is 11.1 Å². The third-order valence-corrected chi connectivity index (χ3v) is 2.75. The van der Waals surface area contributed by atoms with Gasteiger partial charge in [0.25, 0.3) is 0 Å². The minimum atomic E-state index is 0. The van der Waals surface area contributed by atoms with Crippen molar-refractivity contribution < 1.29 is 0 Å². The molecule has 0 aliphatic carbocycles. The van der Waals surface area contributed by atoms with Gasteiger partial charge in [-0.05, 0) is 30.5 Å². The molecule has 15 heavy (non-hydrogen) atoms. The molecule has 0 radical (unpaired) electrons. The van der Waals surface area contributed by atoms with Crippen molar-refractivity contribution in [1.82, 2.24) is 5.32 Å². The molecule has 1 aromatic carbocycles. The summed E-state index contributed by atoms with van der Waals surface area (Å²) < 4.78 is 0. The van der Waals surface area contributed by atoms with E-state index in [-0.39, 0.29) is 12.4 Å². The summed E-state index contributed by atoms with van der Waals surface area (Å²) in [5.41, 5.74) is 2.84. The van der Waals surface area contributed by atoms with Crippen LogP contribution in [0.25, 0.3) is 0 Å². The molecule has 1 aliphatic heterocycles. The van der Waals surface area contributed by atoms with Gasteiger partial charge in [-0.25, -0.2) is 0 Å². The van der Waals surface area contributed by atoms with E-state index in [9.17, 15) is 0 Å². The summed E-state index contributed by atoms with van der Waals surface area (Å²) in [5, 5.41) is 4.14. The highest BCUT2D eigenvalue weighted by Gasteiger charge is 2.03. The molecule has 1 heterocycles. The Morgan fingerprint density at radius 1 is 1.27 bits per heavy atom. The SMILES string of the molecule is Cl.Clc1cccc(CCC2=CCNC2)c1. The average Bonchev–Trinajstić information content (AvgIpc) is 2.67. The summed E-state index contributed by atoms with van der Waals surface area (Å²) in [4.78, 5) is 0. The highest BCUT2D eigenvalue weighted by Crippen LogP contribution is 2.15. The predicted octanol–water partition coefficient (Wildman–Crippen LogP) is 3.22. The molecule has 0 aromatic heterocycles. The van der Waals surface area contributed by atoms with Gasteiger partial charge < -0.3 is 5.32 Å². The number of nitrogens with one attached hydrogen (secondary N) is 1. The largest absolute Gasteiger partial charge is 0.310 e. The van der Waals surface area contributed by atoms with E-state index in [0.717, 1.165) is 31.0 Å². The highest BCUT2D eigenvalue weighted by atomic mass is 35.5. The molecule has 0 atom stereocenters. The van der Waals surface area contributed by atoms with E-state index in [2.05, 4.69) is 17.5 Å². The Bertz CT molecular complexity index is 347. The van der Waals surface area contributed by atoms with Crippen LogP contribution >= 0.6 is 24.0 Å². The summed E-state index contributed by atoms with van der Waals surface area (Å²) in [6.07, 6.45) is 4.52. The minimum absolute atomic E-state index is 0. The van der Waals surface area contributed by atoms with E-state index in [1.807, 2.05) is 18.2 Å². The first kappa shape index (κ1) is 12.6. The fraction of sp³-hybridized carbons (Fsp3) is 0.333. The van der Waals surface area contributed by atoms with Gasteiger partial charge in [0.2, 0.25) is 0 Å². The van der Waals surface area contributed by atoms with Crippen molar-refractivity contribution in [3.63, 3.8) is 0 Å². The molecular weight excluding hydrogens is 229 g/mol. The first-order chi connectivity index (χ1) is 6.84. The molecule has 0 saturated heterocycles. The Morgan fingerprint density at radius 2 is 2.13 bits per heavy atom. The monoisotopic (exact) mass is 243 g/mol. The maximum atomic E-state index is 5.91. The molecule has 0 spiro atoms. The molecule has 1 N–H and O–H groups in total. The zero-order valence-electron chi connectivity index (χ0n) is 8.50. The zero-order valence-corrected chi connectivity index (χ0v) is 10.1. The molecule has 0 unspecified atom stereocenters. The fourth-order valence-corrected chi connectivity index (χ4v) is 1.92. The maximum Gasteiger partial charge on any atom is 0.0408 e. The van der Waals surface area contributed by atoms with Crippen molar-refractivity contribution in [2.45, 2.75) is 12.8 Å². The third kappa shape index (κ3) is 3.86. The van der Waals surface area contributed by atoms with Gasteiger partial charge in [0.1, 0.15) is 0 Å². The molecule has 3 heteroatoms. The van der Waals surface area contributed by atoms with Crippen LogP contribution in [0.1, 0.15) is 12.0 Å². The quantitative estimate of drug-likeness (QED) is 0.805. The van der Waals surface area contributed by atoms with Gasteiger partial charge in [-0.1, -0.05) is 35.4 Å². The second-order valence-corrected chi connectivity index (χ2v) is 4.06. The Morgan fingerprint density at radius 3 is 2.80 bits per heavy atom. The van der Waals surface area contributed by atoms with Crippen LogP contribution in [0.15, 0.2) is 35.9 Å². The van der Waals surface area contributed by atoms with Crippen LogP contribution in [0.4, 0.5) is 0 Å². The lowest BCUT2D eigenvalue weighted by molar-refractivity contribution is 0.833. The van der Waals surface area contributed by atoms with Crippen molar-refractivity contribution in [2.75, 3.05) is 13.1 Å². The van der Waals surface area contributed by atoms with E-state index in [0.29, 0.717) is 0 Å². The van der Waals surface area contributed by atoms with Gasteiger partial charge >= 0.3 is 0 Å². The number of hydrogen-bond donors (Lipinski definition) is 1. The van der Waals surface area contributed by atoms with E-state index in [4.69, 9.17) is 11.6 Å². The van der Waals surface area contributed by atoms with Crippen LogP contribution in [-0.2, 0) is 6.42 Å². The van der Waals surface area contributed by atoms with Crippen LogP contribution in [0.2, 0.25) is 5.02 Å². The van der Waals surface area contributed by atoms with Crippen molar-refractivity contribution in [2.24, 2.45) is 0 Å². The molecule has 1 aromatic rings. The van der Waals surface area contributed by atoms with Gasteiger partial charge in [0.15, 0.2) is 0 Å². The summed E-state index contributed by atoms with van der Waals surface area (Å²) in [6, 6.07) is 8.11. The molecule has 0 bridgehead atoms. The summed E-state index contributed by atoms with van der Waals surface area (Å²) in [5.74, 6) is 0. The number of halogens is 2. The van der Waals surface area contributed by atoms with Crippen LogP contribution in [-0.4, -0.2) is 13.1 Å². The lowest BCUT2D eigenvalue weighted by atomic mass is 10.1. The van der Waals surface area contributed by atoms with Crippen LogP contribution in [0.5, 0.6) is 0 Å². The normalized spacial score (nSPS) is 14.6. The standard InChI is InChI=1S/C12H14ClN.ClH/c13-12-3-1-2-10(8-12)4-5-11-6-7-14-9-11;/h1-3,6,8,14H,4-5,7,9H2;1H. The van der Waals surface area contributed by atoms with Crippen LogP contribution < -0.4 is 5.32 Å². The first-order valence-electron chi connectivity index (χ1n) is 4.98. The Balaban J connectivity index is 0.00000112. The van der Waals surface area contributed by atoms with E-state index < -0.39 is 0 Å². The molecule has 82 valence electrons. The number of aryl methyl sites for hydroxylation is 1. The number of benzene rings is 1. The molecule has 1 aliphatic rings. The number of rotatable bonds is 3. The number of hydrogen-bond acceptors (Lipinski definition) is 1. The molecule has 0 fully saturated rings. The van der Waals surface area contributed by atoms with Crippen molar-refractivity contribution in [3.8, 4) is 0 Å². The Labute approximate surface area is 102 Å². The van der Waals surface area contributed by atoms with Crippen molar-refractivity contribution >= 4 is 24.0 Å². The van der Waals surface area contributed by atoms with Gasteiger partial charge in [-0.3, -0.25) is 0 Å². The lowest BCUT2D eigenvalue weighted by Gasteiger charge is -2.02. The zero-order chi connectivity index (χ0) is 9.80. The van der Waals surface area contributed by atoms with E-state index >= 15 is 0 Å². The fourth-order valence-electron chi connectivity index (χ4n) is 1.71. The second-order valence-electron chi connectivity index (χ2n) is 3.62. The molecule has 0 saturated carbocycles. The van der Waals surface area contributed by atoms with Crippen LogP contribution in [0.3, 0.4) is 0 Å². The van der Waals surface area contributed by atoms with Crippen molar-refractivity contribution in [3.05, 3.63) is 46.5 Å². The smallest absolute Gasteiger partial charge is 0.0408 e. The first-order valence-corrected chi connectivity index (χ1v) is 5.35. The second kappa shape index (κ2) is 6.16. The van der Waals surface area contributed by atoms with Gasteiger partial charge in [-0.15, -0.1) is 12.4 Å². The predicted molar refractivity (Wildman–Crippen MR) is 68.0 cm³/mol. The molecular formula is C12H15Cl2N. The van der Waals surface area contributed by atoms with Gasteiger partial charge in [0, 0.05) is 18.1 Å². The Hall–Kier alpha value is -0.500. The van der Waals surface area contributed by atoms with Gasteiger partial charge in [-0.2, -0.15) is 0 Å². The molecule has 1 nitrogen and oxygen atoms in total. The van der Waals surface area contributed by atoms with Crippen LogP contribution in [0, 0.1) is 0 Å². The minimum Gasteiger partial charge on any atom is -0.310 e. The highest BCUT2D eigenvalue weighted by molar-refractivity contribution is 6.30. The summed E-state index contributed by atoms with van der Waals surface area (Å²) in [6.45, 7) is 2.09. The van der Waals surface area contributed by atoms with E-state index in [1.54, 1.807) is 0 Å². The molecule has 2 rings (SSSR count). The van der Waals surface area contributed by atoms with Gasteiger partial charge in [0.05, 0.1) is 0 Å². The average molecular weight is 244 g/mol. The summed E-state index contributed by atoms with van der Waals surface area (Å²) in [7, 11) is 0. The van der Waals surface area contributed by atoms with Crippen molar-refractivity contribution in [1.29, 1.82) is 0 Å². The maximum absolute atomic E-state index is 5.91. The third-order valence-electron chi connectivity index (χ3n) is 2.51. The summed E-state index contributed by atoms with van der Waals surface area (Å²) >= 11 is 5.91. The lowest BCUT2D eigenvalue weighted by Crippen LogP contribution is -2.08. The molecule has 0 amide bonds. The Kier molecular flexibility index (Phi) is 5.16. The topological polar surface area (TPSA) is 12.0 Å².